The first-order chi connectivity index (χ1) is 9.15. The average molecular weight is 261 g/mol. The van der Waals surface area contributed by atoms with Crippen molar-refractivity contribution >= 4 is 5.91 Å². The highest BCUT2D eigenvalue weighted by Gasteiger charge is 2.18. The fraction of sp³-hybridized carbons (Fsp3) is 0.462. The third-order valence-corrected chi connectivity index (χ3v) is 3.00. The van der Waals surface area contributed by atoms with Crippen LogP contribution in [0.5, 0.6) is 0 Å². The molecule has 0 radical (unpaired) electrons. The molecule has 1 N–H and O–H groups in total. The van der Waals surface area contributed by atoms with E-state index in [-0.39, 0.29) is 5.91 Å². The predicted molar refractivity (Wildman–Crippen MR) is 71.7 cm³/mol. The van der Waals surface area contributed by atoms with E-state index in [0.29, 0.717) is 18.8 Å². The summed E-state index contributed by atoms with van der Waals surface area (Å²) in [5.74, 6) is 0.736. The number of nitrogens with zero attached hydrogens (tertiary/aromatic N) is 4. The van der Waals surface area contributed by atoms with E-state index in [9.17, 15) is 4.79 Å². The molecule has 0 spiro atoms. The monoisotopic (exact) mass is 261 g/mol. The van der Waals surface area contributed by atoms with Gasteiger partial charge in [-0.1, -0.05) is 6.92 Å². The summed E-state index contributed by atoms with van der Waals surface area (Å²) in [6.07, 6.45) is 4.26. The Morgan fingerprint density at radius 2 is 2.26 bits per heavy atom. The molecule has 102 valence electrons. The largest absolute Gasteiger partial charge is 0.347 e. The molecule has 0 saturated heterocycles. The third kappa shape index (κ3) is 2.83. The fourth-order valence-corrected chi connectivity index (χ4v) is 1.93. The number of carbonyl (C=O) groups is 1. The van der Waals surface area contributed by atoms with Gasteiger partial charge in [0.15, 0.2) is 0 Å². The summed E-state index contributed by atoms with van der Waals surface area (Å²) >= 11 is 0. The van der Waals surface area contributed by atoms with Gasteiger partial charge in [0.25, 0.3) is 5.91 Å². The molecule has 0 aliphatic rings. The second-order valence-corrected chi connectivity index (χ2v) is 4.39. The summed E-state index contributed by atoms with van der Waals surface area (Å²) in [4.78, 5) is 21.2. The Balaban J connectivity index is 2.16. The van der Waals surface area contributed by atoms with E-state index in [0.717, 1.165) is 17.9 Å². The van der Waals surface area contributed by atoms with E-state index in [4.69, 9.17) is 0 Å². The second-order valence-electron chi connectivity index (χ2n) is 4.39. The van der Waals surface area contributed by atoms with Gasteiger partial charge in [-0.25, -0.2) is 4.98 Å². The Labute approximate surface area is 112 Å². The topological polar surface area (TPSA) is 66.8 Å². The Hall–Kier alpha value is -2.11. The number of hydrogen-bond acceptors (Lipinski definition) is 3. The van der Waals surface area contributed by atoms with E-state index < -0.39 is 0 Å². The van der Waals surface area contributed by atoms with Crippen molar-refractivity contribution in [2.75, 3.05) is 7.05 Å². The smallest absolute Gasteiger partial charge is 0.272 e. The molecule has 1 amide bonds. The molecular weight excluding hydrogens is 242 g/mol. The highest BCUT2D eigenvalue weighted by atomic mass is 16.2. The van der Waals surface area contributed by atoms with Crippen molar-refractivity contribution in [3.63, 3.8) is 0 Å². The van der Waals surface area contributed by atoms with Gasteiger partial charge in [-0.15, -0.1) is 0 Å². The van der Waals surface area contributed by atoms with Crippen LogP contribution in [-0.4, -0.2) is 37.6 Å². The maximum atomic E-state index is 12.4. The fourth-order valence-electron chi connectivity index (χ4n) is 1.93. The van der Waals surface area contributed by atoms with Gasteiger partial charge in [0, 0.05) is 26.0 Å². The van der Waals surface area contributed by atoms with Crippen LogP contribution in [0.3, 0.4) is 0 Å². The van der Waals surface area contributed by atoms with Gasteiger partial charge in [0.05, 0.1) is 12.2 Å². The van der Waals surface area contributed by atoms with Crippen LogP contribution in [0.25, 0.3) is 0 Å². The zero-order valence-electron chi connectivity index (χ0n) is 11.6. The molecule has 0 unspecified atom stereocenters. The highest BCUT2D eigenvalue weighted by Crippen LogP contribution is 2.09. The van der Waals surface area contributed by atoms with Crippen LogP contribution < -0.4 is 0 Å². The molecule has 2 aromatic rings. The number of aryl methyl sites for hydroxylation is 2. The van der Waals surface area contributed by atoms with Crippen molar-refractivity contribution in [3.05, 3.63) is 35.7 Å². The van der Waals surface area contributed by atoms with Gasteiger partial charge in [0.1, 0.15) is 11.5 Å². The summed E-state index contributed by atoms with van der Waals surface area (Å²) in [5.41, 5.74) is 1.57. The molecule has 2 aromatic heterocycles. The van der Waals surface area contributed by atoms with Crippen LogP contribution in [0.1, 0.15) is 35.9 Å². The zero-order valence-corrected chi connectivity index (χ0v) is 11.6. The molecular formula is C13H19N5O. The number of rotatable bonds is 5. The number of hydrogen-bond donors (Lipinski definition) is 1. The van der Waals surface area contributed by atoms with Crippen LogP contribution in [-0.2, 0) is 19.5 Å². The Morgan fingerprint density at radius 3 is 2.84 bits per heavy atom. The number of aromatic amines is 1. The molecule has 0 aromatic carbocycles. The first-order valence-corrected chi connectivity index (χ1v) is 6.46. The zero-order chi connectivity index (χ0) is 13.8. The van der Waals surface area contributed by atoms with Gasteiger partial charge >= 0.3 is 0 Å². The quantitative estimate of drug-likeness (QED) is 0.886. The van der Waals surface area contributed by atoms with Crippen LogP contribution in [0, 0.1) is 0 Å². The molecule has 19 heavy (non-hydrogen) atoms. The van der Waals surface area contributed by atoms with E-state index in [1.165, 1.54) is 0 Å². The van der Waals surface area contributed by atoms with Crippen molar-refractivity contribution in [3.8, 4) is 0 Å². The highest BCUT2D eigenvalue weighted by molar-refractivity contribution is 5.92. The molecule has 0 fully saturated rings. The number of imidazole rings is 1. The SMILES string of the molecule is CCc1cc(C(=O)N(C)Cc2ncc[nH]2)n(CC)n1. The number of carbonyl (C=O) groups excluding carboxylic acids is 1. The van der Waals surface area contributed by atoms with E-state index in [1.54, 1.807) is 29.0 Å². The van der Waals surface area contributed by atoms with Crippen molar-refractivity contribution in [2.45, 2.75) is 33.4 Å². The van der Waals surface area contributed by atoms with E-state index in [1.807, 2.05) is 19.9 Å². The molecule has 2 rings (SSSR count). The standard InChI is InChI=1S/C13H19N5O/c1-4-10-8-11(18(5-2)16-10)13(19)17(3)9-12-14-6-7-15-12/h6-8H,4-5,9H2,1-3H3,(H,14,15). The molecule has 2 heterocycles. The maximum absolute atomic E-state index is 12.4. The lowest BCUT2D eigenvalue weighted by molar-refractivity contribution is 0.0769. The first-order valence-electron chi connectivity index (χ1n) is 6.46. The molecule has 6 nitrogen and oxygen atoms in total. The van der Waals surface area contributed by atoms with Crippen LogP contribution >= 0.6 is 0 Å². The van der Waals surface area contributed by atoms with Gasteiger partial charge < -0.3 is 9.88 Å². The molecule has 0 atom stereocenters. The second kappa shape index (κ2) is 5.69. The minimum Gasteiger partial charge on any atom is -0.347 e. The van der Waals surface area contributed by atoms with Gasteiger partial charge in [0.2, 0.25) is 0 Å². The maximum Gasteiger partial charge on any atom is 0.272 e. The summed E-state index contributed by atoms with van der Waals surface area (Å²) in [6.45, 7) is 5.16. The number of nitrogens with one attached hydrogen (secondary N) is 1. The molecule has 0 aliphatic heterocycles. The lowest BCUT2D eigenvalue weighted by atomic mass is 10.3. The van der Waals surface area contributed by atoms with Crippen molar-refractivity contribution < 1.29 is 4.79 Å². The Morgan fingerprint density at radius 1 is 1.47 bits per heavy atom. The lowest BCUT2D eigenvalue weighted by Crippen LogP contribution is -2.28. The van der Waals surface area contributed by atoms with Crippen LogP contribution in [0.2, 0.25) is 0 Å². The van der Waals surface area contributed by atoms with Gasteiger partial charge in [-0.3, -0.25) is 9.48 Å². The van der Waals surface area contributed by atoms with Crippen LogP contribution in [0.4, 0.5) is 0 Å². The lowest BCUT2D eigenvalue weighted by Gasteiger charge is -2.16. The molecule has 0 saturated carbocycles. The summed E-state index contributed by atoms with van der Waals surface area (Å²) in [7, 11) is 1.77. The van der Waals surface area contributed by atoms with Crippen molar-refractivity contribution in [2.24, 2.45) is 0 Å². The number of H-pyrrole nitrogens is 1. The first kappa shape index (κ1) is 13.3. The number of aromatic nitrogens is 4. The van der Waals surface area contributed by atoms with Crippen molar-refractivity contribution in [1.29, 1.82) is 0 Å². The molecule has 6 heteroatoms. The van der Waals surface area contributed by atoms with E-state index in [2.05, 4.69) is 15.1 Å². The normalized spacial score (nSPS) is 10.7. The average Bonchev–Trinajstić information content (AvgIpc) is 3.05. The minimum absolute atomic E-state index is 0.0366. The van der Waals surface area contributed by atoms with Crippen molar-refractivity contribution in [1.82, 2.24) is 24.6 Å². The molecule has 0 bridgehead atoms. The predicted octanol–water partition coefficient (Wildman–Crippen LogP) is 1.46. The third-order valence-electron chi connectivity index (χ3n) is 3.00. The minimum atomic E-state index is -0.0366. The van der Waals surface area contributed by atoms with Gasteiger partial charge in [-0.2, -0.15) is 5.10 Å². The number of amides is 1. The summed E-state index contributed by atoms with van der Waals surface area (Å²) in [5, 5.41) is 4.39. The summed E-state index contributed by atoms with van der Waals surface area (Å²) < 4.78 is 1.75. The Kier molecular flexibility index (Phi) is 3.99. The van der Waals surface area contributed by atoms with Gasteiger partial charge in [-0.05, 0) is 19.4 Å². The van der Waals surface area contributed by atoms with Crippen LogP contribution in [0.15, 0.2) is 18.5 Å². The Bertz CT molecular complexity index is 543. The summed E-state index contributed by atoms with van der Waals surface area (Å²) in [6, 6.07) is 1.87. The molecule has 0 aliphatic carbocycles. The van der Waals surface area contributed by atoms with E-state index >= 15 is 0 Å².